The summed E-state index contributed by atoms with van der Waals surface area (Å²) in [6.07, 6.45) is 8.23. The van der Waals surface area contributed by atoms with E-state index in [0.717, 1.165) is 27.4 Å². The summed E-state index contributed by atoms with van der Waals surface area (Å²) < 4.78 is 106. The molecular weight excluding hydrogens is 904 g/mol. The molecule has 9 rings (SSSR count). The molecule has 1 unspecified atom stereocenters. The summed E-state index contributed by atoms with van der Waals surface area (Å²) in [5.74, 6) is 0.592. The van der Waals surface area contributed by atoms with Gasteiger partial charge in [-0.2, -0.15) is 18.2 Å². The second-order valence-electron chi connectivity index (χ2n) is 15.5. The Morgan fingerprint density at radius 1 is 0.763 bits per heavy atom. The van der Waals surface area contributed by atoms with Crippen molar-refractivity contribution < 1.29 is 45.4 Å². The number of pyridine rings is 1. The predicted octanol–water partition coefficient (Wildman–Crippen LogP) is 12.8. The Morgan fingerprint density at radius 2 is 1.44 bits per heavy atom. The van der Waals surface area contributed by atoms with Gasteiger partial charge in [0.2, 0.25) is 0 Å². The number of hydrogen-bond acceptors (Lipinski definition) is 2. The Hall–Kier alpha value is -6.03. The van der Waals surface area contributed by atoms with Gasteiger partial charge in [0.1, 0.15) is 5.82 Å². The number of benzene rings is 6. The van der Waals surface area contributed by atoms with Crippen LogP contribution in [0.3, 0.4) is 0 Å². The molecule has 5 nitrogen and oxygen atoms in total. The van der Waals surface area contributed by atoms with Gasteiger partial charge in [0.05, 0.1) is 19.4 Å². The van der Waals surface area contributed by atoms with Crippen molar-refractivity contribution in [1.29, 1.82) is 0 Å². The van der Waals surface area contributed by atoms with Crippen molar-refractivity contribution >= 4 is 21.8 Å². The maximum atomic E-state index is 9.17. The second-order valence-corrected chi connectivity index (χ2v) is 15.5. The summed E-state index contributed by atoms with van der Waals surface area (Å²) in [6, 6.07) is 25.7. The molecule has 0 bridgehead atoms. The zero-order chi connectivity index (χ0) is 49.6. The fraction of sp³-hybridized carbons (Fsp3) is 0.170. The van der Waals surface area contributed by atoms with E-state index in [0.29, 0.717) is 23.0 Å². The Balaban J connectivity index is 0.00000659. The molecule has 0 saturated carbocycles. The van der Waals surface area contributed by atoms with Gasteiger partial charge in [0.15, 0.2) is 0 Å². The Bertz CT molecular complexity index is 3410. The number of ether oxygens (including phenoxy) is 1. The van der Waals surface area contributed by atoms with Crippen LogP contribution in [0.1, 0.15) is 73.6 Å². The molecule has 1 atom stereocenters. The molecule has 0 radical (unpaired) electrons. The quantitative estimate of drug-likeness (QED) is 0.107. The summed E-state index contributed by atoms with van der Waals surface area (Å²) >= 11 is 0. The summed E-state index contributed by atoms with van der Waals surface area (Å²) in [5.41, 5.74) is 4.22. The minimum atomic E-state index is -0.856. The number of para-hydroxylation sites is 1. The van der Waals surface area contributed by atoms with Gasteiger partial charge >= 0.3 is 0 Å². The number of rotatable bonds is 9. The van der Waals surface area contributed by atoms with Gasteiger partial charge in [-0.15, -0.1) is 29.7 Å². The maximum Gasteiger partial charge on any atom is 0.267 e. The SMILES string of the molecule is [2H]c1c([2H])c([2H])c(-c2cccc(-c3c([2H])c([2H])c([2H])c([2H])c3[2H])c2-[n+]2[c-]n(-c3[c-]c(Oc4[c-]c5c(cc4)c4cc(C(C)(C)C)ccc4n5-c4cc(C([2H])(C)C(C)C)ccn4)ccc3)cc2)c([2H])c1[2H].[Pt]. The molecule has 59 heavy (non-hydrogen) atoms. The molecule has 0 aliphatic carbocycles. The first-order valence-electron chi connectivity index (χ1n) is 24.6. The molecule has 6 aromatic carbocycles. The average Bonchev–Trinajstić information content (AvgIpc) is 3.94. The zero-order valence-corrected chi connectivity index (χ0v) is 35.6. The number of aromatic nitrogens is 4. The molecule has 0 aliphatic heterocycles. The van der Waals surface area contributed by atoms with Gasteiger partial charge < -0.3 is 13.9 Å². The molecule has 0 amide bonds. The monoisotopic (exact) mass is 960 g/mol. The van der Waals surface area contributed by atoms with Crippen LogP contribution in [-0.4, -0.2) is 14.1 Å². The van der Waals surface area contributed by atoms with E-state index < -0.39 is 66.3 Å². The second kappa shape index (κ2) is 16.3. The fourth-order valence-corrected chi connectivity index (χ4v) is 7.11. The van der Waals surface area contributed by atoms with E-state index in [-0.39, 0.29) is 60.3 Å². The van der Waals surface area contributed by atoms with Crippen molar-refractivity contribution in [2.75, 3.05) is 0 Å². The van der Waals surface area contributed by atoms with E-state index in [1.807, 2.05) is 45.0 Å². The summed E-state index contributed by atoms with van der Waals surface area (Å²) in [7, 11) is 0. The molecule has 0 spiro atoms. The van der Waals surface area contributed by atoms with Crippen LogP contribution in [0.4, 0.5) is 0 Å². The van der Waals surface area contributed by atoms with Crippen molar-refractivity contribution in [2.45, 2.75) is 52.9 Å². The standard InChI is InChI=1S/C53H46N4O.Pt/c1-36(2)37(3)40-27-28-54-51(31-40)57-49-26-23-41(53(4,5)6)32-48(49)47-25-24-44(34-50(47)57)58-43-20-13-19-42(33-43)55-29-30-56(35-55)52-45(38-15-9-7-10-16-38)21-14-22-46(52)39-17-11-8-12-18-39;/h7-32,36-37H,1-6H3;/q-2;/i7D,8D,9D,10D,11D,12D,15D,16D,17D,18D,37D;. The largest absolute Gasteiger partial charge is 0.510 e. The van der Waals surface area contributed by atoms with Crippen LogP contribution in [0.5, 0.6) is 11.5 Å². The summed E-state index contributed by atoms with van der Waals surface area (Å²) in [5, 5.41) is 1.97. The third kappa shape index (κ3) is 7.80. The minimum absolute atomic E-state index is 0. The van der Waals surface area contributed by atoms with E-state index >= 15 is 0 Å². The number of fused-ring (bicyclic) bond motifs is 3. The van der Waals surface area contributed by atoms with Crippen LogP contribution in [0.2, 0.25) is 0 Å². The molecule has 0 fully saturated rings. The number of imidazole rings is 1. The van der Waals surface area contributed by atoms with Crippen LogP contribution in [0.25, 0.3) is 61.3 Å². The third-order valence-electron chi connectivity index (χ3n) is 10.4. The van der Waals surface area contributed by atoms with Crippen LogP contribution < -0.4 is 9.30 Å². The first kappa shape index (κ1) is 28.4. The molecule has 0 N–H and O–H groups in total. The van der Waals surface area contributed by atoms with E-state index in [9.17, 15) is 1.37 Å². The molecule has 0 saturated heterocycles. The van der Waals surface area contributed by atoms with Crippen molar-refractivity contribution in [3.05, 3.63) is 187 Å². The van der Waals surface area contributed by atoms with Gasteiger partial charge in [-0.3, -0.25) is 4.57 Å². The topological polar surface area (TPSA) is 35.9 Å². The van der Waals surface area contributed by atoms with Crippen LogP contribution >= 0.6 is 0 Å². The molecule has 6 heteroatoms. The molecule has 9 aromatic rings. The van der Waals surface area contributed by atoms with Gasteiger partial charge in [-0.05, 0) is 79.9 Å². The van der Waals surface area contributed by atoms with E-state index in [1.165, 1.54) is 10.1 Å². The van der Waals surface area contributed by atoms with Crippen molar-refractivity contribution in [1.82, 2.24) is 14.1 Å². The average molecular weight is 961 g/mol. The molecule has 296 valence electrons. The first-order valence-corrected chi connectivity index (χ1v) is 19.1. The smallest absolute Gasteiger partial charge is 0.267 e. The van der Waals surface area contributed by atoms with Crippen LogP contribution in [0, 0.1) is 24.4 Å². The predicted molar refractivity (Wildman–Crippen MR) is 235 cm³/mol. The van der Waals surface area contributed by atoms with Crippen molar-refractivity contribution in [2.24, 2.45) is 5.92 Å². The van der Waals surface area contributed by atoms with Crippen LogP contribution in [0.15, 0.2) is 158 Å². The Labute approximate surface area is 377 Å². The summed E-state index contributed by atoms with van der Waals surface area (Å²) in [4.78, 5) is 4.81. The van der Waals surface area contributed by atoms with E-state index in [4.69, 9.17) is 23.4 Å². The third-order valence-corrected chi connectivity index (χ3v) is 10.4. The minimum Gasteiger partial charge on any atom is -0.510 e. The van der Waals surface area contributed by atoms with Gasteiger partial charge in [-0.1, -0.05) is 138 Å². The first-order chi connectivity index (χ1) is 32.6. The van der Waals surface area contributed by atoms with Crippen molar-refractivity contribution in [3.63, 3.8) is 0 Å². The normalized spacial score (nSPS) is 15.3. The van der Waals surface area contributed by atoms with Crippen LogP contribution in [-0.2, 0) is 26.5 Å². The van der Waals surface area contributed by atoms with Crippen molar-refractivity contribution in [3.8, 4) is 50.9 Å². The van der Waals surface area contributed by atoms with E-state index in [1.54, 1.807) is 59.6 Å². The van der Waals surface area contributed by atoms with E-state index in [2.05, 4.69) is 62.0 Å². The zero-order valence-electron chi connectivity index (χ0n) is 44.3. The Morgan fingerprint density at radius 3 is 2.12 bits per heavy atom. The molecular formula is C53H46N4OPt-2. The molecule has 3 heterocycles. The number of hydrogen-bond donors (Lipinski definition) is 0. The van der Waals surface area contributed by atoms with Gasteiger partial charge in [-0.25, -0.2) is 4.98 Å². The van der Waals surface area contributed by atoms with Gasteiger partial charge in [0.25, 0.3) is 6.33 Å². The number of nitrogens with zero attached hydrogens (tertiary/aromatic N) is 4. The molecule has 0 aliphatic rings. The summed E-state index contributed by atoms with van der Waals surface area (Å²) in [6.45, 7) is 12.5. The fourth-order valence-electron chi connectivity index (χ4n) is 7.11. The molecule has 3 aromatic heterocycles. The Kier molecular flexibility index (Phi) is 7.85. The maximum absolute atomic E-state index is 9.17. The van der Waals surface area contributed by atoms with Gasteiger partial charge in [0, 0.05) is 58.0 Å².